The van der Waals surface area contributed by atoms with Crippen LogP contribution < -0.4 is 20.1 Å². The first-order chi connectivity index (χ1) is 14.2. The minimum atomic E-state index is -0.352. The third kappa shape index (κ3) is 6.87. The van der Waals surface area contributed by atoms with Crippen LogP contribution in [0.4, 0.5) is 4.39 Å². The Bertz CT molecular complexity index is 967. The van der Waals surface area contributed by atoms with Gasteiger partial charge < -0.3 is 20.1 Å². The molecule has 1 heterocycles. The molecule has 0 aliphatic carbocycles. The lowest BCUT2D eigenvalue weighted by molar-refractivity contribution is 0.409. The zero-order valence-electron chi connectivity index (χ0n) is 16.8. The number of ether oxygens (including phenoxy) is 2. The molecule has 0 aliphatic heterocycles. The van der Waals surface area contributed by atoms with Gasteiger partial charge in [0.25, 0.3) is 0 Å². The quantitative estimate of drug-likeness (QED) is 0.272. The van der Waals surface area contributed by atoms with Crippen molar-refractivity contribution in [3.05, 3.63) is 83.8 Å². The minimum absolute atomic E-state index is 0. The van der Waals surface area contributed by atoms with Crippen LogP contribution in [0, 0.1) is 5.82 Å². The fourth-order valence-electron chi connectivity index (χ4n) is 2.66. The van der Waals surface area contributed by atoms with Crippen molar-refractivity contribution in [1.29, 1.82) is 0 Å². The van der Waals surface area contributed by atoms with Gasteiger partial charge in [0, 0.05) is 44.0 Å². The molecule has 0 saturated heterocycles. The lowest BCUT2D eigenvalue weighted by Crippen LogP contribution is -2.36. The van der Waals surface area contributed by atoms with Gasteiger partial charge in [-0.1, -0.05) is 30.3 Å². The Morgan fingerprint density at radius 3 is 2.53 bits per heavy atom. The highest BCUT2D eigenvalue weighted by atomic mass is 127. The van der Waals surface area contributed by atoms with Gasteiger partial charge in [0.2, 0.25) is 5.88 Å². The van der Waals surface area contributed by atoms with Gasteiger partial charge in [0.05, 0.1) is 7.11 Å². The zero-order valence-corrected chi connectivity index (χ0v) is 19.1. The van der Waals surface area contributed by atoms with Gasteiger partial charge in [0.15, 0.2) is 5.96 Å². The molecule has 0 atom stereocenters. The fraction of sp³-hybridized carbons (Fsp3) is 0.182. The van der Waals surface area contributed by atoms with Crippen LogP contribution in [0.2, 0.25) is 0 Å². The third-order valence-corrected chi connectivity index (χ3v) is 4.14. The van der Waals surface area contributed by atoms with Crippen LogP contribution in [-0.2, 0) is 13.1 Å². The second kappa shape index (κ2) is 12.0. The van der Waals surface area contributed by atoms with E-state index in [2.05, 4.69) is 20.6 Å². The summed E-state index contributed by atoms with van der Waals surface area (Å²) in [5, 5.41) is 6.50. The highest BCUT2D eigenvalue weighted by Crippen LogP contribution is 2.20. The molecule has 158 valence electrons. The van der Waals surface area contributed by atoms with Crippen molar-refractivity contribution < 1.29 is 13.9 Å². The number of para-hydroxylation sites is 1. The normalized spacial score (nSPS) is 10.7. The minimum Gasteiger partial charge on any atom is -0.496 e. The number of hydrogen-bond donors (Lipinski definition) is 2. The Hall–Kier alpha value is -2.88. The molecule has 2 aromatic carbocycles. The summed E-state index contributed by atoms with van der Waals surface area (Å²) >= 11 is 0. The zero-order chi connectivity index (χ0) is 20.5. The van der Waals surface area contributed by atoms with Crippen molar-refractivity contribution >= 4 is 29.9 Å². The number of rotatable bonds is 7. The smallest absolute Gasteiger partial charge is 0.219 e. The van der Waals surface area contributed by atoms with Crippen LogP contribution in [0.15, 0.2) is 71.9 Å². The average molecular weight is 522 g/mol. The average Bonchev–Trinajstić information content (AvgIpc) is 2.75. The number of nitrogens with one attached hydrogen (secondary N) is 2. The van der Waals surface area contributed by atoms with Gasteiger partial charge in [-0.05, 0) is 23.8 Å². The summed E-state index contributed by atoms with van der Waals surface area (Å²) < 4.78 is 24.1. The van der Waals surface area contributed by atoms with E-state index in [9.17, 15) is 4.39 Å². The summed E-state index contributed by atoms with van der Waals surface area (Å²) in [7, 11) is 3.37. The van der Waals surface area contributed by atoms with Crippen LogP contribution >= 0.6 is 24.0 Å². The van der Waals surface area contributed by atoms with E-state index < -0.39 is 0 Å². The molecule has 3 rings (SSSR count). The Labute approximate surface area is 192 Å². The SMILES string of the molecule is CN=C(NCc1ccc(Oc2cccc(F)c2)nc1)NCc1ccccc1OC.I. The second-order valence-electron chi connectivity index (χ2n) is 6.16. The topological polar surface area (TPSA) is 67.8 Å². The van der Waals surface area contributed by atoms with Crippen molar-refractivity contribution in [1.82, 2.24) is 15.6 Å². The molecule has 0 amide bonds. The molecular weight excluding hydrogens is 498 g/mol. The standard InChI is InChI=1S/C22H23FN4O2.HI/c1-24-22(27-15-17-6-3-4-9-20(17)28-2)26-14-16-10-11-21(25-13-16)29-19-8-5-7-18(23)12-19;/h3-13H,14-15H2,1-2H3,(H2,24,26,27);1H. The summed E-state index contributed by atoms with van der Waals surface area (Å²) in [6.45, 7) is 1.13. The maximum Gasteiger partial charge on any atom is 0.219 e. The number of guanidine groups is 1. The summed E-state index contributed by atoms with van der Waals surface area (Å²) in [5.74, 6) is 1.95. The predicted molar refractivity (Wildman–Crippen MR) is 126 cm³/mol. The predicted octanol–water partition coefficient (Wildman–Crippen LogP) is 4.50. The number of aromatic nitrogens is 1. The molecular formula is C22H24FIN4O2. The highest BCUT2D eigenvalue weighted by molar-refractivity contribution is 14.0. The maximum atomic E-state index is 13.2. The third-order valence-electron chi connectivity index (χ3n) is 4.14. The van der Waals surface area contributed by atoms with Crippen molar-refractivity contribution in [2.75, 3.05) is 14.2 Å². The highest BCUT2D eigenvalue weighted by Gasteiger charge is 2.05. The van der Waals surface area contributed by atoms with E-state index in [1.807, 2.05) is 30.3 Å². The molecule has 30 heavy (non-hydrogen) atoms. The van der Waals surface area contributed by atoms with E-state index in [1.54, 1.807) is 38.6 Å². The summed E-state index contributed by atoms with van der Waals surface area (Å²) in [4.78, 5) is 8.49. The first-order valence-electron chi connectivity index (χ1n) is 9.12. The van der Waals surface area contributed by atoms with E-state index in [0.717, 1.165) is 16.9 Å². The number of pyridine rings is 1. The molecule has 3 aromatic rings. The van der Waals surface area contributed by atoms with Crippen LogP contribution in [0.3, 0.4) is 0 Å². The summed E-state index contributed by atoms with van der Waals surface area (Å²) in [6.07, 6.45) is 1.70. The van der Waals surface area contributed by atoms with Gasteiger partial charge in [-0.3, -0.25) is 4.99 Å². The monoisotopic (exact) mass is 522 g/mol. The Kier molecular flexibility index (Phi) is 9.33. The van der Waals surface area contributed by atoms with E-state index in [1.165, 1.54) is 12.1 Å². The van der Waals surface area contributed by atoms with Gasteiger partial charge in [0.1, 0.15) is 17.3 Å². The van der Waals surface area contributed by atoms with Crippen molar-refractivity contribution in [2.45, 2.75) is 13.1 Å². The number of nitrogens with zero attached hydrogens (tertiary/aromatic N) is 2. The Morgan fingerprint density at radius 2 is 1.83 bits per heavy atom. The maximum absolute atomic E-state index is 13.2. The molecule has 0 spiro atoms. The summed E-state index contributed by atoms with van der Waals surface area (Å²) in [6, 6.07) is 17.4. The lowest BCUT2D eigenvalue weighted by Gasteiger charge is -2.14. The molecule has 2 N–H and O–H groups in total. The molecule has 0 saturated carbocycles. The van der Waals surface area contributed by atoms with E-state index in [-0.39, 0.29) is 29.8 Å². The van der Waals surface area contributed by atoms with Gasteiger partial charge >= 0.3 is 0 Å². The van der Waals surface area contributed by atoms with Crippen LogP contribution in [0.1, 0.15) is 11.1 Å². The van der Waals surface area contributed by atoms with Gasteiger partial charge in [-0.25, -0.2) is 9.37 Å². The lowest BCUT2D eigenvalue weighted by atomic mass is 10.2. The molecule has 0 fully saturated rings. The molecule has 0 unspecified atom stereocenters. The molecule has 0 bridgehead atoms. The molecule has 0 radical (unpaired) electrons. The van der Waals surface area contributed by atoms with Gasteiger partial charge in [-0.15, -0.1) is 24.0 Å². The molecule has 0 aliphatic rings. The van der Waals surface area contributed by atoms with Gasteiger partial charge in [-0.2, -0.15) is 0 Å². The number of methoxy groups -OCH3 is 1. The van der Waals surface area contributed by atoms with E-state index in [0.29, 0.717) is 30.7 Å². The van der Waals surface area contributed by atoms with Crippen LogP contribution in [0.25, 0.3) is 0 Å². The first kappa shape index (κ1) is 23.4. The number of aliphatic imine (C=N–C) groups is 1. The van der Waals surface area contributed by atoms with Crippen molar-refractivity contribution in [3.8, 4) is 17.4 Å². The number of halogens is 2. The van der Waals surface area contributed by atoms with E-state index >= 15 is 0 Å². The number of hydrogen-bond acceptors (Lipinski definition) is 4. The fourth-order valence-corrected chi connectivity index (χ4v) is 2.66. The Morgan fingerprint density at radius 1 is 1.03 bits per heavy atom. The summed E-state index contributed by atoms with van der Waals surface area (Å²) in [5.41, 5.74) is 2.00. The molecule has 6 nitrogen and oxygen atoms in total. The largest absolute Gasteiger partial charge is 0.496 e. The van der Waals surface area contributed by atoms with Crippen molar-refractivity contribution in [3.63, 3.8) is 0 Å². The van der Waals surface area contributed by atoms with Crippen LogP contribution in [0.5, 0.6) is 17.4 Å². The van der Waals surface area contributed by atoms with Crippen molar-refractivity contribution in [2.24, 2.45) is 4.99 Å². The number of benzene rings is 2. The second-order valence-corrected chi connectivity index (χ2v) is 6.16. The first-order valence-corrected chi connectivity index (χ1v) is 9.12. The Balaban J connectivity index is 0.00000320. The van der Waals surface area contributed by atoms with E-state index in [4.69, 9.17) is 9.47 Å². The van der Waals surface area contributed by atoms with Crippen LogP contribution in [-0.4, -0.2) is 25.1 Å². The molecule has 8 heteroatoms. The molecule has 1 aromatic heterocycles.